The molecule has 0 spiro atoms. The van der Waals surface area contributed by atoms with E-state index in [1.165, 1.54) is 0 Å². The lowest BCUT2D eigenvalue weighted by Gasteiger charge is -2.39. The Bertz CT molecular complexity index is 1040. The molecule has 2 aliphatic rings. The quantitative estimate of drug-likeness (QED) is 0.655. The normalized spacial score (nSPS) is 21.1. The summed E-state index contributed by atoms with van der Waals surface area (Å²) < 4.78 is 7.30. The first-order chi connectivity index (χ1) is 16.7. The number of benzene rings is 1. The minimum absolute atomic E-state index is 0.0128. The maximum absolute atomic E-state index is 12.4. The first-order valence-corrected chi connectivity index (χ1v) is 12.6. The van der Waals surface area contributed by atoms with Crippen LogP contribution < -0.4 is 16.0 Å². The molecule has 2 atom stereocenters. The van der Waals surface area contributed by atoms with Crippen molar-refractivity contribution in [2.45, 2.75) is 77.7 Å². The van der Waals surface area contributed by atoms with Crippen LogP contribution in [0.5, 0.6) is 0 Å². The highest BCUT2D eigenvalue weighted by Crippen LogP contribution is 2.39. The standard InChI is InChI=1S/C26H38N6O3/c1-17(2)35-26(34)29-24-13-18(3)32(19(4)33)25-6-5-20(14-23(24)25)21-15-28-31(16-21)12-11-30-9-7-22(27)8-10-30/h5-6,14-18,22,24H,7-13,27H2,1-4H3,(H,29,34). The summed E-state index contributed by atoms with van der Waals surface area (Å²) in [5.41, 5.74) is 9.76. The molecule has 3 heterocycles. The molecule has 0 saturated carbocycles. The van der Waals surface area contributed by atoms with E-state index in [2.05, 4.69) is 27.6 Å². The van der Waals surface area contributed by atoms with Gasteiger partial charge in [0.15, 0.2) is 0 Å². The van der Waals surface area contributed by atoms with Crippen molar-refractivity contribution in [2.24, 2.45) is 5.73 Å². The molecule has 0 bridgehead atoms. The number of alkyl carbamates (subject to hydrolysis) is 1. The highest BCUT2D eigenvalue weighted by atomic mass is 16.6. The summed E-state index contributed by atoms with van der Waals surface area (Å²) in [7, 11) is 0. The summed E-state index contributed by atoms with van der Waals surface area (Å²) >= 11 is 0. The fourth-order valence-corrected chi connectivity index (χ4v) is 5.11. The van der Waals surface area contributed by atoms with Crippen LogP contribution in [0.1, 0.15) is 58.6 Å². The number of rotatable bonds is 6. The summed E-state index contributed by atoms with van der Waals surface area (Å²) in [6, 6.07) is 6.09. The van der Waals surface area contributed by atoms with E-state index in [4.69, 9.17) is 10.5 Å². The van der Waals surface area contributed by atoms with Crippen molar-refractivity contribution in [3.8, 4) is 11.1 Å². The first-order valence-electron chi connectivity index (χ1n) is 12.6. The van der Waals surface area contributed by atoms with Gasteiger partial charge in [-0.3, -0.25) is 9.48 Å². The van der Waals surface area contributed by atoms with Crippen LogP contribution in [0.25, 0.3) is 11.1 Å². The molecule has 2 aliphatic heterocycles. The van der Waals surface area contributed by atoms with Crippen LogP contribution in [0.3, 0.4) is 0 Å². The van der Waals surface area contributed by atoms with Crippen LogP contribution >= 0.6 is 0 Å². The zero-order chi connectivity index (χ0) is 25.1. The van der Waals surface area contributed by atoms with E-state index in [1.807, 2.05) is 43.8 Å². The van der Waals surface area contributed by atoms with Crippen LogP contribution in [0.15, 0.2) is 30.6 Å². The van der Waals surface area contributed by atoms with Gasteiger partial charge >= 0.3 is 6.09 Å². The molecule has 2 aromatic rings. The molecule has 0 radical (unpaired) electrons. The number of hydrogen-bond acceptors (Lipinski definition) is 6. The van der Waals surface area contributed by atoms with Gasteiger partial charge in [0, 0.05) is 43.0 Å². The van der Waals surface area contributed by atoms with Gasteiger partial charge in [-0.25, -0.2) is 4.79 Å². The number of piperidine rings is 1. The smallest absolute Gasteiger partial charge is 0.407 e. The highest BCUT2D eigenvalue weighted by molar-refractivity contribution is 5.94. The van der Waals surface area contributed by atoms with Gasteiger partial charge in [0.25, 0.3) is 0 Å². The van der Waals surface area contributed by atoms with E-state index in [1.54, 1.807) is 11.8 Å². The molecule has 2 unspecified atom stereocenters. The summed E-state index contributed by atoms with van der Waals surface area (Å²) in [6.07, 6.45) is 5.99. The number of nitrogens with two attached hydrogens (primary N) is 1. The van der Waals surface area contributed by atoms with Gasteiger partial charge < -0.3 is 25.6 Å². The molecular weight excluding hydrogens is 444 g/mol. The maximum Gasteiger partial charge on any atom is 0.407 e. The van der Waals surface area contributed by atoms with Crippen molar-refractivity contribution in [3.05, 3.63) is 36.2 Å². The van der Waals surface area contributed by atoms with Gasteiger partial charge in [0.1, 0.15) is 0 Å². The average Bonchev–Trinajstić information content (AvgIpc) is 3.27. The van der Waals surface area contributed by atoms with E-state index in [0.717, 1.165) is 61.4 Å². The van der Waals surface area contributed by atoms with Crippen molar-refractivity contribution in [3.63, 3.8) is 0 Å². The molecule has 2 amide bonds. The zero-order valence-corrected chi connectivity index (χ0v) is 21.2. The van der Waals surface area contributed by atoms with Gasteiger partial charge in [-0.15, -0.1) is 0 Å². The van der Waals surface area contributed by atoms with Gasteiger partial charge in [0.05, 0.1) is 24.9 Å². The topological polar surface area (TPSA) is 106 Å². The summed E-state index contributed by atoms with van der Waals surface area (Å²) in [5.74, 6) is -0.0128. The lowest BCUT2D eigenvalue weighted by atomic mass is 9.89. The molecule has 1 fully saturated rings. The number of nitrogens with zero attached hydrogens (tertiary/aromatic N) is 4. The number of anilines is 1. The van der Waals surface area contributed by atoms with Gasteiger partial charge in [-0.1, -0.05) is 6.07 Å². The Morgan fingerprint density at radius 2 is 1.94 bits per heavy atom. The van der Waals surface area contributed by atoms with Crippen molar-refractivity contribution in [1.29, 1.82) is 0 Å². The van der Waals surface area contributed by atoms with Crippen LogP contribution in [0, 0.1) is 0 Å². The molecule has 9 heteroatoms. The Morgan fingerprint density at radius 3 is 2.63 bits per heavy atom. The Labute approximate surface area is 207 Å². The van der Waals surface area contributed by atoms with Crippen molar-refractivity contribution in [1.82, 2.24) is 20.0 Å². The number of carbonyl (C=O) groups is 2. The second-order valence-electron chi connectivity index (χ2n) is 10.1. The average molecular weight is 483 g/mol. The summed E-state index contributed by atoms with van der Waals surface area (Å²) in [6.45, 7) is 11.1. The molecule has 1 aromatic heterocycles. The monoisotopic (exact) mass is 482 g/mol. The number of hydrogen-bond donors (Lipinski definition) is 2. The number of likely N-dealkylation sites (tertiary alicyclic amines) is 1. The molecule has 3 N–H and O–H groups in total. The Morgan fingerprint density at radius 1 is 1.20 bits per heavy atom. The van der Waals surface area contributed by atoms with Gasteiger partial charge in [0.2, 0.25) is 5.91 Å². The van der Waals surface area contributed by atoms with Crippen LogP contribution in [0.4, 0.5) is 10.5 Å². The zero-order valence-electron chi connectivity index (χ0n) is 21.2. The fraction of sp³-hybridized carbons (Fsp3) is 0.577. The third-order valence-corrected chi connectivity index (χ3v) is 6.90. The summed E-state index contributed by atoms with van der Waals surface area (Å²) in [5, 5.41) is 7.58. The minimum atomic E-state index is -0.448. The molecule has 0 aliphatic carbocycles. The SMILES string of the molecule is CC(=O)N1c2ccc(-c3cnn(CCN4CCC(N)CC4)c3)cc2C(NC(=O)OC(C)C)CC1C. The minimum Gasteiger partial charge on any atom is -0.447 e. The Balaban J connectivity index is 1.53. The molecule has 4 rings (SSSR count). The Hall–Kier alpha value is -2.91. The molecule has 190 valence electrons. The molecule has 1 saturated heterocycles. The van der Waals surface area contributed by atoms with Crippen molar-refractivity contribution < 1.29 is 14.3 Å². The third-order valence-electron chi connectivity index (χ3n) is 6.90. The number of aromatic nitrogens is 2. The van der Waals surface area contributed by atoms with E-state index in [-0.39, 0.29) is 24.1 Å². The predicted molar refractivity (Wildman–Crippen MR) is 136 cm³/mol. The van der Waals surface area contributed by atoms with Gasteiger partial charge in [-0.05, 0) is 76.4 Å². The summed E-state index contributed by atoms with van der Waals surface area (Å²) in [4.78, 5) is 29.1. The van der Waals surface area contributed by atoms with E-state index in [0.29, 0.717) is 12.5 Å². The van der Waals surface area contributed by atoms with Gasteiger partial charge in [-0.2, -0.15) is 5.10 Å². The number of nitrogens with one attached hydrogen (secondary N) is 1. The first kappa shape index (κ1) is 25.2. The van der Waals surface area contributed by atoms with E-state index >= 15 is 0 Å². The maximum atomic E-state index is 12.4. The van der Waals surface area contributed by atoms with Crippen molar-refractivity contribution >= 4 is 17.7 Å². The van der Waals surface area contributed by atoms with Crippen molar-refractivity contribution in [2.75, 3.05) is 24.5 Å². The second-order valence-corrected chi connectivity index (χ2v) is 10.1. The molecular formula is C26H38N6O3. The Kier molecular flexibility index (Phi) is 7.76. The lowest BCUT2D eigenvalue weighted by Crippen LogP contribution is -2.45. The molecule has 35 heavy (non-hydrogen) atoms. The number of fused-ring (bicyclic) bond motifs is 1. The highest BCUT2D eigenvalue weighted by Gasteiger charge is 2.34. The molecule has 1 aromatic carbocycles. The van der Waals surface area contributed by atoms with E-state index < -0.39 is 6.09 Å². The number of ether oxygens (including phenoxy) is 1. The largest absolute Gasteiger partial charge is 0.447 e. The van der Waals surface area contributed by atoms with E-state index in [9.17, 15) is 9.59 Å². The third kappa shape index (κ3) is 6.02. The molecule has 9 nitrogen and oxygen atoms in total. The van der Waals surface area contributed by atoms with Crippen LogP contribution in [0.2, 0.25) is 0 Å². The number of carbonyl (C=O) groups excluding carboxylic acids is 2. The second kappa shape index (κ2) is 10.8. The van der Waals surface area contributed by atoms with Crippen LogP contribution in [-0.2, 0) is 16.1 Å². The number of amides is 2. The fourth-order valence-electron chi connectivity index (χ4n) is 5.11. The predicted octanol–water partition coefficient (Wildman–Crippen LogP) is 3.29. The van der Waals surface area contributed by atoms with Crippen LogP contribution in [-0.4, -0.2) is 64.5 Å². The lowest BCUT2D eigenvalue weighted by molar-refractivity contribution is -0.117.